The summed E-state index contributed by atoms with van der Waals surface area (Å²) in [6, 6.07) is 13.8. The predicted molar refractivity (Wildman–Crippen MR) is 88.9 cm³/mol. The van der Waals surface area contributed by atoms with Crippen molar-refractivity contribution in [3.63, 3.8) is 0 Å². The number of rotatable bonds is 7. The molecule has 4 heteroatoms. The van der Waals surface area contributed by atoms with Gasteiger partial charge in [0.15, 0.2) is 0 Å². The summed E-state index contributed by atoms with van der Waals surface area (Å²) in [6.07, 6.45) is 1.05. The molecule has 0 spiro atoms. The van der Waals surface area contributed by atoms with E-state index < -0.39 is 0 Å². The second-order valence-corrected chi connectivity index (χ2v) is 5.56. The maximum Gasteiger partial charge on any atom is 0.220 e. The third-order valence-electron chi connectivity index (χ3n) is 3.65. The molecule has 0 radical (unpaired) electrons. The Hall–Kier alpha value is -2.36. The number of benzene rings is 2. The molecule has 1 unspecified atom stereocenters. The third-order valence-corrected chi connectivity index (χ3v) is 3.65. The van der Waals surface area contributed by atoms with Crippen LogP contribution in [0.4, 0.5) is 4.39 Å². The van der Waals surface area contributed by atoms with Gasteiger partial charge in [0.1, 0.15) is 11.6 Å². The lowest BCUT2D eigenvalue weighted by Crippen LogP contribution is -2.26. The minimum Gasteiger partial charge on any atom is -0.493 e. The van der Waals surface area contributed by atoms with Gasteiger partial charge >= 0.3 is 0 Å². The van der Waals surface area contributed by atoms with E-state index in [4.69, 9.17) is 4.74 Å². The molecule has 23 heavy (non-hydrogen) atoms. The van der Waals surface area contributed by atoms with Crippen molar-refractivity contribution in [2.75, 3.05) is 6.61 Å². The molecule has 0 aliphatic rings. The van der Waals surface area contributed by atoms with Gasteiger partial charge in [-0.3, -0.25) is 4.79 Å². The van der Waals surface area contributed by atoms with Gasteiger partial charge in [0.05, 0.1) is 12.6 Å². The van der Waals surface area contributed by atoms with E-state index in [1.165, 1.54) is 12.1 Å². The topological polar surface area (TPSA) is 38.3 Å². The van der Waals surface area contributed by atoms with Gasteiger partial charge in [-0.15, -0.1) is 0 Å². The number of ether oxygens (including phenoxy) is 1. The largest absolute Gasteiger partial charge is 0.493 e. The van der Waals surface area contributed by atoms with Gasteiger partial charge in [-0.1, -0.05) is 30.3 Å². The molecule has 0 saturated carbocycles. The predicted octanol–water partition coefficient (Wildman–Crippen LogP) is 4.17. The maximum absolute atomic E-state index is 12.9. The van der Waals surface area contributed by atoms with Gasteiger partial charge < -0.3 is 10.1 Å². The molecule has 2 rings (SSSR count). The van der Waals surface area contributed by atoms with E-state index >= 15 is 0 Å². The van der Waals surface area contributed by atoms with Crippen LogP contribution in [-0.2, 0) is 4.79 Å². The second-order valence-electron chi connectivity index (χ2n) is 5.56. The Labute approximate surface area is 136 Å². The summed E-state index contributed by atoms with van der Waals surface area (Å²) in [7, 11) is 0. The quantitative estimate of drug-likeness (QED) is 0.779. The second kappa shape index (κ2) is 8.32. The van der Waals surface area contributed by atoms with Gasteiger partial charge in [-0.25, -0.2) is 4.39 Å². The van der Waals surface area contributed by atoms with Crippen LogP contribution in [0, 0.1) is 12.7 Å². The summed E-state index contributed by atoms with van der Waals surface area (Å²) in [4.78, 5) is 11.9. The van der Waals surface area contributed by atoms with Gasteiger partial charge in [0.2, 0.25) is 5.91 Å². The molecule has 0 bridgehead atoms. The molecule has 0 saturated heterocycles. The average Bonchev–Trinajstić information content (AvgIpc) is 2.53. The van der Waals surface area contributed by atoms with E-state index in [0.717, 1.165) is 16.9 Å². The Morgan fingerprint density at radius 1 is 1.17 bits per heavy atom. The highest BCUT2D eigenvalue weighted by molar-refractivity contribution is 5.76. The Balaban J connectivity index is 1.71. The number of carbonyl (C=O) groups excluding carboxylic acids is 1. The Kier molecular flexibility index (Phi) is 6.15. The summed E-state index contributed by atoms with van der Waals surface area (Å²) in [6.45, 7) is 4.38. The lowest BCUT2D eigenvalue weighted by molar-refractivity contribution is -0.121. The highest BCUT2D eigenvalue weighted by Gasteiger charge is 2.09. The van der Waals surface area contributed by atoms with Gasteiger partial charge in [0, 0.05) is 6.42 Å². The van der Waals surface area contributed by atoms with Crippen molar-refractivity contribution in [1.29, 1.82) is 0 Å². The zero-order valence-corrected chi connectivity index (χ0v) is 13.5. The number of hydrogen-bond acceptors (Lipinski definition) is 2. The molecular weight excluding hydrogens is 293 g/mol. The molecule has 2 aromatic rings. The fraction of sp³-hybridized carbons (Fsp3) is 0.316. The molecule has 2 aromatic carbocycles. The summed E-state index contributed by atoms with van der Waals surface area (Å²) < 4.78 is 18.6. The Morgan fingerprint density at radius 2 is 1.87 bits per heavy atom. The SMILES string of the molecule is Cc1ccccc1OCCCC(=O)NC(C)c1ccc(F)cc1. The van der Waals surface area contributed by atoms with Crippen LogP contribution in [0.15, 0.2) is 48.5 Å². The molecule has 3 nitrogen and oxygen atoms in total. The number of nitrogens with one attached hydrogen (secondary N) is 1. The molecular formula is C19H22FNO2. The van der Waals surface area contributed by atoms with Crippen LogP contribution in [0.5, 0.6) is 5.75 Å². The average molecular weight is 315 g/mol. The molecule has 122 valence electrons. The standard InChI is InChI=1S/C19H22FNO2/c1-14-6-3-4-7-18(14)23-13-5-8-19(22)21-15(2)16-9-11-17(20)12-10-16/h3-4,6-7,9-12,15H,5,8,13H2,1-2H3,(H,21,22). The first-order valence-electron chi connectivity index (χ1n) is 7.79. The van der Waals surface area contributed by atoms with Crippen molar-refractivity contribution in [2.45, 2.75) is 32.7 Å². The molecule has 1 atom stereocenters. The van der Waals surface area contributed by atoms with Crippen LogP contribution in [0.25, 0.3) is 0 Å². The number of carbonyl (C=O) groups is 1. The van der Waals surface area contributed by atoms with Gasteiger partial charge in [0.25, 0.3) is 0 Å². The number of aryl methyl sites for hydroxylation is 1. The normalized spacial score (nSPS) is 11.8. The lowest BCUT2D eigenvalue weighted by atomic mass is 10.1. The summed E-state index contributed by atoms with van der Waals surface area (Å²) in [5.41, 5.74) is 1.97. The monoisotopic (exact) mass is 315 g/mol. The molecule has 1 N–H and O–H groups in total. The molecule has 0 heterocycles. The van der Waals surface area contributed by atoms with Gasteiger partial charge in [-0.05, 0) is 49.6 Å². The molecule has 0 aliphatic heterocycles. The van der Waals surface area contributed by atoms with Crippen molar-refractivity contribution in [2.24, 2.45) is 0 Å². The number of amides is 1. The van der Waals surface area contributed by atoms with E-state index in [-0.39, 0.29) is 17.8 Å². The van der Waals surface area contributed by atoms with Crippen molar-refractivity contribution >= 4 is 5.91 Å². The summed E-state index contributed by atoms with van der Waals surface area (Å²) >= 11 is 0. The highest BCUT2D eigenvalue weighted by atomic mass is 19.1. The maximum atomic E-state index is 12.9. The molecule has 0 aromatic heterocycles. The molecule has 1 amide bonds. The van der Waals surface area contributed by atoms with Crippen LogP contribution < -0.4 is 10.1 Å². The number of hydrogen-bond donors (Lipinski definition) is 1. The zero-order valence-electron chi connectivity index (χ0n) is 13.5. The summed E-state index contributed by atoms with van der Waals surface area (Å²) in [5, 5.41) is 2.91. The first kappa shape index (κ1) is 17.0. The van der Waals surface area contributed by atoms with Crippen molar-refractivity contribution in [1.82, 2.24) is 5.32 Å². The summed E-state index contributed by atoms with van der Waals surface area (Å²) in [5.74, 6) is 0.545. The van der Waals surface area contributed by atoms with Crippen LogP contribution in [0.2, 0.25) is 0 Å². The van der Waals surface area contributed by atoms with Crippen LogP contribution in [0.1, 0.15) is 36.9 Å². The van der Waals surface area contributed by atoms with Crippen LogP contribution in [-0.4, -0.2) is 12.5 Å². The number of para-hydroxylation sites is 1. The minimum absolute atomic E-state index is 0.0322. The van der Waals surface area contributed by atoms with Crippen molar-refractivity contribution in [3.05, 3.63) is 65.5 Å². The first-order chi connectivity index (χ1) is 11.1. The Morgan fingerprint density at radius 3 is 2.57 bits per heavy atom. The smallest absolute Gasteiger partial charge is 0.220 e. The van der Waals surface area contributed by atoms with E-state index in [1.54, 1.807) is 12.1 Å². The van der Waals surface area contributed by atoms with Crippen molar-refractivity contribution in [3.8, 4) is 5.75 Å². The third kappa shape index (κ3) is 5.40. The molecule has 0 fully saturated rings. The fourth-order valence-electron chi connectivity index (χ4n) is 2.28. The van der Waals surface area contributed by atoms with Crippen LogP contribution in [0.3, 0.4) is 0 Å². The number of halogens is 1. The zero-order chi connectivity index (χ0) is 16.7. The van der Waals surface area contributed by atoms with E-state index in [1.807, 2.05) is 38.1 Å². The Bertz CT molecular complexity index is 640. The molecule has 0 aliphatic carbocycles. The fourth-order valence-corrected chi connectivity index (χ4v) is 2.28. The van der Waals surface area contributed by atoms with E-state index in [0.29, 0.717) is 19.4 Å². The van der Waals surface area contributed by atoms with Gasteiger partial charge in [-0.2, -0.15) is 0 Å². The van der Waals surface area contributed by atoms with E-state index in [9.17, 15) is 9.18 Å². The van der Waals surface area contributed by atoms with E-state index in [2.05, 4.69) is 5.32 Å². The first-order valence-corrected chi connectivity index (χ1v) is 7.79. The minimum atomic E-state index is -0.277. The lowest BCUT2D eigenvalue weighted by Gasteiger charge is -2.14. The highest BCUT2D eigenvalue weighted by Crippen LogP contribution is 2.16. The van der Waals surface area contributed by atoms with Crippen molar-refractivity contribution < 1.29 is 13.9 Å². The van der Waals surface area contributed by atoms with Crippen LogP contribution >= 0.6 is 0 Å².